The number of aliphatic carboxylic acids is 1. The minimum atomic E-state index is -4.57. The van der Waals surface area contributed by atoms with Crippen molar-refractivity contribution < 1.29 is 27.5 Å². The highest BCUT2D eigenvalue weighted by molar-refractivity contribution is 5.76. The summed E-state index contributed by atoms with van der Waals surface area (Å²) >= 11 is 0. The summed E-state index contributed by atoms with van der Waals surface area (Å²) in [5, 5.41) is 11.6. The van der Waals surface area contributed by atoms with Gasteiger partial charge in [0.15, 0.2) is 5.69 Å². The summed E-state index contributed by atoms with van der Waals surface area (Å²) in [5.41, 5.74) is -0.0629. The molecule has 0 unspecified atom stereocenters. The summed E-state index contributed by atoms with van der Waals surface area (Å²) in [6, 6.07) is 6.01. The molecule has 8 heteroatoms. The highest BCUT2D eigenvalue weighted by atomic mass is 19.4. The predicted molar refractivity (Wildman–Crippen MR) is 71.9 cm³/mol. The maximum Gasteiger partial charge on any atom is 0.436 e. The summed E-state index contributed by atoms with van der Waals surface area (Å²) in [6.07, 6.45) is -3.60. The summed E-state index contributed by atoms with van der Waals surface area (Å²) in [7, 11) is 0. The molecule has 0 saturated heterocycles. The van der Waals surface area contributed by atoms with Gasteiger partial charge in [0.25, 0.3) is 6.01 Å². The molecule has 1 heterocycles. The average molecular weight is 314 g/mol. The lowest BCUT2D eigenvalue weighted by molar-refractivity contribution is -0.141. The van der Waals surface area contributed by atoms with E-state index in [1.807, 2.05) is 0 Å². The third-order valence-corrected chi connectivity index (χ3v) is 3.07. The van der Waals surface area contributed by atoms with Crippen LogP contribution in [-0.4, -0.2) is 16.1 Å². The molecule has 0 amide bonds. The second kappa shape index (κ2) is 6.08. The summed E-state index contributed by atoms with van der Waals surface area (Å²) in [4.78, 5) is 14.3. The molecule has 1 atom stereocenters. The van der Waals surface area contributed by atoms with Gasteiger partial charge < -0.3 is 14.8 Å². The van der Waals surface area contributed by atoms with Crippen LogP contribution < -0.4 is 5.32 Å². The van der Waals surface area contributed by atoms with Gasteiger partial charge in [-0.15, -0.1) is 0 Å². The lowest BCUT2D eigenvalue weighted by Gasteiger charge is -2.10. The molecule has 0 radical (unpaired) electrons. The second-order valence-electron chi connectivity index (χ2n) is 4.58. The first-order valence-corrected chi connectivity index (χ1v) is 6.43. The number of rotatable bonds is 5. The Labute approximate surface area is 123 Å². The average Bonchev–Trinajstić information content (AvgIpc) is 2.89. The van der Waals surface area contributed by atoms with Gasteiger partial charge in [-0.25, -0.2) is 0 Å². The summed E-state index contributed by atoms with van der Waals surface area (Å²) < 4.78 is 41.9. The molecule has 118 valence electrons. The first kappa shape index (κ1) is 15.9. The van der Waals surface area contributed by atoms with Crippen molar-refractivity contribution in [3.63, 3.8) is 0 Å². The molecule has 0 saturated carbocycles. The van der Waals surface area contributed by atoms with Crippen molar-refractivity contribution in [3.8, 4) is 0 Å². The van der Waals surface area contributed by atoms with Crippen LogP contribution in [0.25, 0.3) is 0 Å². The standard InChI is InChI=1S/C14H13F3N2O3/c1-2-10(12(20)21)8-3-5-9(6-4-8)18-13-19-11(7-22-13)14(15,16)17/h3-7,10H,2H2,1H3,(H,18,19)(H,20,21)/t10-/m1/s1. The number of anilines is 2. The number of halogens is 3. The zero-order chi connectivity index (χ0) is 16.3. The second-order valence-corrected chi connectivity index (χ2v) is 4.58. The lowest BCUT2D eigenvalue weighted by Crippen LogP contribution is -2.10. The maximum absolute atomic E-state index is 12.4. The Morgan fingerprint density at radius 1 is 1.36 bits per heavy atom. The van der Waals surface area contributed by atoms with Crippen molar-refractivity contribution in [2.75, 3.05) is 5.32 Å². The molecular weight excluding hydrogens is 301 g/mol. The summed E-state index contributed by atoms with van der Waals surface area (Å²) in [5.74, 6) is -1.54. The zero-order valence-corrected chi connectivity index (χ0v) is 11.5. The molecular formula is C14H13F3N2O3. The Balaban J connectivity index is 2.11. The highest BCUT2D eigenvalue weighted by Crippen LogP contribution is 2.30. The topological polar surface area (TPSA) is 75.4 Å². The number of benzene rings is 1. The van der Waals surface area contributed by atoms with Crippen LogP contribution in [0.5, 0.6) is 0 Å². The van der Waals surface area contributed by atoms with Crippen LogP contribution in [0.3, 0.4) is 0 Å². The van der Waals surface area contributed by atoms with Gasteiger partial charge in [0.1, 0.15) is 6.26 Å². The number of hydrogen-bond acceptors (Lipinski definition) is 4. The Bertz CT molecular complexity index is 650. The molecule has 0 spiro atoms. The minimum absolute atomic E-state index is 0.287. The van der Waals surface area contributed by atoms with E-state index in [0.29, 0.717) is 23.9 Å². The number of hydrogen-bond donors (Lipinski definition) is 2. The Morgan fingerprint density at radius 3 is 2.45 bits per heavy atom. The normalized spacial score (nSPS) is 12.9. The molecule has 22 heavy (non-hydrogen) atoms. The zero-order valence-electron chi connectivity index (χ0n) is 11.5. The minimum Gasteiger partial charge on any atom is -0.481 e. The van der Waals surface area contributed by atoms with E-state index in [9.17, 15) is 18.0 Å². The third-order valence-electron chi connectivity index (χ3n) is 3.07. The highest BCUT2D eigenvalue weighted by Gasteiger charge is 2.34. The van der Waals surface area contributed by atoms with E-state index in [1.54, 1.807) is 31.2 Å². The molecule has 1 aromatic carbocycles. The van der Waals surface area contributed by atoms with Crippen LogP contribution in [0.1, 0.15) is 30.5 Å². The molecule has 5 nitrogen and oxygen atoms in total. The van der Waals surface area contributed by atoms with Gasteiger partial charge in [-0.05, 0) is 24.1 Å². The SMILES string of the molecule is CC[C@@H](C(=O)O)c1ccc(Nc2nc(C(F)(F)F)co2)cc1. The maximum atomic E-state index is 12.4. The van der Waals surface area contributed by atoms with Gasteiger partial charge in [0, 0.05) is 5.69 Å². The molecule has 0 aliphatic rings. The van der Waals surface area contributed by atoms with Gasteiger partial charge in [0.05, 0.1) is 5.92 Å². The van der Waals surface area contributed by atoms with Crippen molar-refractivity contribution in [2.45, 2.75) is 25.4 Å². The fraction of sp³-hybridized carbons (Fsp3) is 0.286. The first-order chi connectivity index (χ1) is 10.3. The monoisotopic (exact) mass is 314 g/mol. The Hall–Kier alpha value is -2.51. The number of nitrogens with zero attached hydrogens (tertiary/aromatic N) is 1. The molecule has 2 aromatic rings. The van der Waals surface area contributed by atoms with Gasteiger partial charge in [-0.1, -0.05) is 19.1 Å². The van der Waals surface area contributed by atoms with Crippen molar-refractivity contribution >= 4 is 17.7 Å². The molecule has 0 bridgehead atoms. The van der Waals surface area contributed by atoms with E-state index >= 15 is 0 Å². The predicted octanol–water partition coefficient (Wildman–Crippen LogP) is 4.02. The van der Waals surface area contributed by atoms with Gasteiger partial charge in [-0.2, -0.15) is 18.2 Å². The number of aromatic nitrogens is 1. The van der Waals surface area contributed by atoms with E-state index in [4.69, 9.17) is 9.52 Å². The van der Waals surface area contributed by atoms with Crippen molar-refractivity contribution in [3.05, 3.63) is 41.8 Å². The third kappa shape index (κ3) is 3.57. The van der Waals surface area contributed by atoms with Gasteiger partial charge in [0.2, 0.25) is 0 Å². The quantitative estimate of drug-likeness (QED) is 0.872. The summed E-state index contributed by atoms with van der Waals surface area (Å²) in [6.45, 7) is 1.76. The fourth-order valence-corrected chi connectivity index (χ4v) is 1.94. The molecule has 0 fully saturated rings. The van der Waals surface area contributed by atoms with E-state index in [-0.39, 0.29) is 6.01 Å². The van der Waals surface area contributed by atoms with Gasteiger partial charge in [-0.3, -0.25) is 4.79 Å². The largest absolute Gasteiger partial charge is 0.481 e. The number of nitrogens with one attached hydrogen (secondary N) is 1. The molecule has 0 aliphatic heterocycles. The molecule has 2 rings (SSSR count). The van der Waals surface area contributed by atoms with E-state index in [2.05, 4.69) is 10.3 Å². The number of carboxylic acid groups (broad SMARTS) is 1. The first-order valence-electron chi connectivity index (χ1n) is 6.43. The number of carbonyl (C=O) groups is 1. The van der Waals surface area contributed by atoms with Crippen molar-refractivity contribution in [1.29, 1.82) is 0 Å². The Morgan fingerprint density at radius 2 is 2.00 bits per heavy atom. The van der Waals surface area contributed by atoms with Crippen LogP contribution >= 0.6 is 0 Å². The van der Waals surface area contributed by atoms with Crippen LogP contribution in [0.15, 0.2) is 34.9 Å². The van der Waals surface area contributed by atoms with Crippen LogP contribution in [-0.2, 0) is 11.0 Å². The van der Waals surface area contributed by atoms with E-state index < -0.39 is 23.8 Å². The van der Waals surface area contributed by atoms with Crippen molar-refractivity contribution in [1.82, 2.24) is 4.98 Å². The Kier molecular flexibility index (Phi) is 4.39. The van der Waals surface area contributed by atoms with E-state index in [1.165, 1.54) is 0 Å². The van der Waals surface area contributed by atoms with Gasteiger partial charge >= 0.3 is 12.1 Å². The van der Waals surface area contributed by atoms with Crippen LogP contribution in [0.4, 0.5) is 24.9 Å². The number of oxazole rings is 1. The number of carboxylic acids is 1. The molecule has 0 aliphatic carbocycles. The van der Waals surface area contributed by atoms with Crippen LogP contribution in [0, 0.1) is 0 Å². The molecule has 1 aromatic heterocycles. The van der Waals surface area contributed by atoms with E-state index in [0.717, 1.165) is 0 Å². The smallest absolute Gasteiger partial charge is 0.436 e. The van der Waals surface area contributed by atoms with Crippen LogP contribution in [0.2, 0.25) is 0 Å². The molecule has 2 N–H and O–H groups in total. The fourth-order valence-electron chi connectivity index (χ4n) is 1.94. The lowest BCUT2D eigenvalue weighted by atomic mass is 9.96. The number of alkyl halides is 3. The van der Waals surface area contributed by atoms with Crippen molar-refractivity contribution in [2.24, 2.45) is 0 Å².